The Kier molecular flexibility index (Phi) is 4.35. The zero-order chi connectivity index (χ0) is 13.9. The average Bonchev–Trinajstić information content (AvgIpc) is 2.74. The van der Waals surface area contributed by atoms with E-state index in [4.69, 9.17) is 19.9 Å². The Bertz CT molecular complexity index is 411. The van der Waals surface area contributed by atoms with Crippen LogP contribution in [0.25, 0.3) is 0 Å². The van der Waals surface area contributed by atoms with E-state index in [0.29, 0.717) is 5.59 Å². The number of aliphatic carboxylic acids is 1. The summed E-state index contributed by atoms with van der Waals surface area (Å²) >= 11 is 0. The summed E-state index contributed by atoms with van der Waals surface area (Å²) < 4.78 is 33.6. The molecule has 0 amide bonds. The van der Waals surface area contributed by atoms with Gasteiger partial charge in [-0.05, 0) is 18.9 Å². The highest BCUT2D eigenvalue weighted by atomic mass is 19.4. The van der Waals surface area contributed by atoms with Gasteiger partial charge in [0.1, 0.15) is 0 Å². The molecule has 2 rings (SSSR count). The van der Waals surface area contributed by atoms with E-state index in [2.05, 4.69) is 5.10 Å². The minimum absolute atomic E-state index is 0.361. The predicted octanol–water partition coefficient (Wildman–Crippen LogP) is -0.858. The maximum Gasteiger partial charge on any atom is 0.510 e. The molecule has 0 spiro atoms. The maximum absolute atomic E-state index is 10.6. The third kappa shape index (κ3) is 3.74. The van der Waals surface area contributed by atoms with Gasteiger partial charge in [-0.2, -0.15) is 18.3 Å². The summed E-state index contributed by atoms with van der Waals surface area (Å²) in [6.07, 6.45) is -2.97. The number of carboxylic acid groups (broad SMARTS) is 1. The van der Waals surface area contributed by atoms with Crippen molar-refractivity contribution in [2.75, 3.05) is 0 Å². The summed E-state index contributed by atoms with van der Waals surface area (Å²) in [6, 6.07) is 1.75. The Balaban J connectivity index is 0.000000203. The average molecular weight is 266 g/mol. The van der Waals surface area contributed by atoms with Gasteiger partial charge in [0, 0.05) is 12.2 Å². The van der Waals surface area contributed by atoms with Crippen molar-refractivity contribution in [2.24, 2.45) is 0 Å². The molecule has 2 heterocycles. The van der Waals surface area contributed by atoms with Crippen molar-refractivity contribution in [3.8, 4) is 0 Å². The first-order valence-corrected chi connectivity index (χ1v) is 4.94. The molecule has 0 atom stereocenters. The van der Waals surface area contributed by atoms with Gasteiger partial charge in [0.25, 0.3) is 0 Å². The van der Waals surface area contributed by atoms with E-state index in [-0.39, 0.29) is 0 Å². The van der Waals surface area contributed by atoms with Crippen LogP contribution in [0.4, 0.5) is 13.2 Å². The number of aryl methyl sites for hydroxylation is 2. The molecule has 0 fully saturated rings. The van der Waals surface area contributed by atoms with Crippen molar-refractivity contribution in [1.29, 1.82) is 0 Å². The Hall–Kier alpha value is -1.55. The Labute approximate surface area is 99.8 Å². The van der Waals surface area contributed by atoms with Gasteiger partial charge < -0.3 is 15.2 Å². The Morgan fingerprint density at radius 2 is 2.00 bits per heavy atom. The number of nitrogens with zero attached hydrogens (tertiary/aromatic N) is 2. The first kappa shape index (κ1) is 14.5. The highest BCUT2D eigenvalue weighted by Gasteiger charge is 2.38. The Morgan fingerprint density at radius 3 is 2.39 bits per heavy atom. The normalized spacial score (nSPS) is 13.6. The third-order valence-corrected chi connectivity index (χ3v) is 2.19. The van der Waals surface area contributed by atoms with Gasteiger partial charge in [0.15, 0.2) is 0 Å². The molecule has 18 heavy (non-hydrogen) atoms. The van der Waals surface area contributed by atoms with E-state index in [1.54, 1.807) is 6.07 Å². The second-order valence-corrected chi connectivity index (χ2v) is 3.56. The molecule has 1 aromatic rings. The number of hydrogen-bond acceptors (Lipinski definition) is 4. The first-order valence-electron chi connectivity index (χ1n) is 4.94. The van der Waals surface area contributed by atoms with E-state index in [9.17, 15) is 13.2 Å². The summed E-state index contributed by atoms with van der Waals surface area (Å²) in [6.45, 7) is 0.905. The van der Waals surface area contributed by atoms with Gasteiger partial charge in [0.05, 0.1) is 5.59 Å². The Morgan fingerprint density at radius 1 is 1.44 bits per heavy atom. The van der Waals surface area contributed by atoms with Crippen molar-refractivity contribution in [2.45, 2.75) is 25.6 Å². The number of alkyl halides is 3. The number of hydrogen-bond donors (Lipinski definition) is 3. The molecule has 0 unspecified atom stereocenters. The fourth-order valence-corrected chi connectivity index (χ4v) is 1.41. The van der Waals surface area contributed by atoms with Crippen LogP contribution in [-0.2, 0) is 17.8 Å². The van der Waals surface area contributed by atoms with Crippen molar-refractivity contribution >= 4 is 18.7 Å². The third-order valence-electron chi connectivity index (χ3n) is 2.19. The van der Waals surface area contributed by atoms with Gasteiger partial charge in [-0.1, -0.05) is 0 Å². The number of halogens is 3. The summed E-state index contributed by atoms with van der Waals surface area (Å²) in [5.41, 5.74) is 1.47. The number of carboxylic acids is 1. The van der Waals surface area contributed by atoms with Crippen molar-refractivity contribution in [3.05, 3.63) is 11.8 Å². The van der Waals surface area contributed by atoms with Crippen molar-refractivity contribution in [1.82, 2.24) is 9.78 Å². The van der Waals surface area contributed by atoms with Gasteiger partial charge in [-0.3, -0.25) is 4.68 Å². The predicted molar refractivity (Wildman–Crippen MR) is 54.1 cm³/mol. The standard InChI is InChI=1S/C6H9BN2O2.C2HF3O2/c10-7(11)6-4-5-2-1-3-9(5)8-6;3-2(4,5)1(6)7/h4,10-11H,1-3H2;(H,6,7). The van der Waals surface area contributed by atoms with E-state index >= 15 is 0 Å². The lowest BCUT2D eigenvalue weighted by molar-refractivity contribution is -0.192. The largest absolute Gasteiger partial charge is 0.510 e. The van der Waals surface area contributed by atoms with Crippen molar-refractivity contribution in [3.63, 3.8) is 0 Å². The van der Waals surface area contributed by atoms with E-state index in [1.807, 2.05) is 4.68 Å². The molecule has 1 aromatic heterocycles. The van der Waals surface area contributed by atoms with Crippen LogP contribution in [0.2, 0.25) is 0 Å². The van der Waals surface area contributed by atoms with Crippen LogP contribution in [0.5, 0.6) is 0 Å². The molecule has 0 saturated carbocycles. The first-order chi connectivity index (χ1) is 8.21. The number of carbonyl (C=O) groups is 1. The maximum atomic E-state index is 10.6. The summed E-state index contributed by atoms with van der Waals surface area (Å²) in [5, 5.41) is 28.7. The fraction of sp³-hybridized carbons (Fsp3) is 0.500. The summed E-state index contributed by atoms with van der Waals surface area (Å²) in [4.78, 5) is 8.90. The minimum atomic E-state index is -5.08. The van der Waals surface area contributed by atoms with Crippen LogP contribution >= 0.6 is 0 Å². The second kappa shape index (κ2) is 5.40. The van der Waals surface area contributed by atoms with Gasteiger partial charge in [-0.15, -0.1) is 0 Å². The van der Waals surface area contributed by atoms with Crippen LogP contribution in [0.15, 0.2) is 6.07 Å². The topological polar surface area (TPSA) is 95.6 Å². The van der Waals surface area contributed by atoms with Crippen LogP contribution < -0.4 is 5.59 Å². The molecule has 0 radical (unpaired) electrons. The zero-order valence-corrected chi connectivity index (χ0v) is 9.05. The molecule has 1 aliphatic rings. The highest BCUT2D eigenvalue weighted by molar-refractivity contribution is 6.57. The van der Waals surface area contributed by atoms with Crippen LogP contribution in [-0.4, -0.2) is 44.2 Å². The lowest BCUT2D eigenvalue weighted by Crippen LogP contribution is -2.31. The smallest absolute Gasteiger partial charge is 0.475 e. The number of aromatic nitrogens is 2. The van der Waals surface area contributed by atoms with Gasteiger partial charge in [-0.25, -0.2) is 4.79 Å². The monoisotopic (exact) mass is 266 g/mol. The van der Waals surface area contributed by atoms with E-state index in [1.165, 1.54) is 0 Å². The molecular formula is C8H10BF3N2O4. The molecular weight excluding hydrogens is 256 g/mol. The SMILES string of the molecule is O=C(O)C(F)(F)F.OB(O)c1cc2n(n1)CCC2. The highest BCUT2D eigenvalue weighted by Crippen LogP contribution is 2.13. The lowest BCUT2D eigenvalue weighted by Gasteiger charge is -1.93. The van der Waals surface area contributed by atoms with Crippen molar-refractivity contribution < 1.29 is 33.1 Å². The molecule has 0 aromatic carbocycles. The number of fused-ring (bicyclic) bond motifs is 1. The molecule has 1 aliphatic heterocycles. The molecule has 0 bridgehead atoms. The second-order valence-electron chi connectivity index (χ2n) is 3.56. The van der Waals surface area contributed by atoms with Crippen LogP contribution in [0.3, 0.4) is 0 Å². The molecule has 10 heteroatoms. The molecule has 6 nitrogen and oxygen atoms in total. The van der Waals surface area contributed by atoms with Gasteiger partial charge >= 0.3 is 19.3 Å². The van der Waals surface area contributed by atoms with Crippen LogP contribution in [0, 0.1) is 0 Å². The quantitative estimate of drug-likeness (QED) is 0.575. The number of rotatable bonds is 1. The van der Waals surface area contributed by atoms with Gasteiger partial charge in [0.2, 0.25) is 0 Å². The summed E-state index contributed by atoms with van der Waals surface area (Å²) in [7, 11) is -1.42. The molecule has 3 N–H and O–H groups in total. The lowest BCUT2D eigenvalue weighted by atomic mass is 9.86. The summed E-state index contributed by atoms with van der Waals surface area (Å²) in [5.74, 6) is -2.76. The molecule has 100 valence electrons. The van der Waals surface area contributed by atoms with E-state index in [0.717, 1.165) is 25.1 Å². The van der Waals surface area contributed by atoms with Crippen LogP contribution in [0.1, 0.15) is 12.1 Å². The minimum Gasteiger partial charge on any atom is -0.475 e. The zero-order valence-electron chi connectivity index (χ0n) is 9.05. The molecule has 0 aliphatic carbocycles. The fourth-order valence-electron chi connectivity index (χ4n) is 1.41. The molecule has 0 saturated heterocycles. The van der Waals surface area contributed by atoms with E-state index < -0.39 is 19.3 Å².